The number of carbonyl (C=O) groups excluding carboxylic acids is 1. The van der Waals surface area contributed by atoms with Gasteiger partial charge in [0.1, 0.15) is 5.75 Å². The molecule has 2 aromatic rings. The number of benzene rings is 2. The summed E-state index contributed by atoms with van der Waals surface area (Å²) in [5.74, 6) is -0.546. The Morgan fingerprint density at radius 2 is 1.70 bits per heavy atom. The van der Waals surface area contributed by atoms with Gasteiger partial charge in [0.2, 0.25) is 0 Å². The third kappa shape index (κ3) is 6.31. The van der Waals surface area contributed by atoms with E-state index < -0.39 is 29.7 Å². The Balaban J connectivity index is 2.23. The van der Waals surface area contributed by atoms with Gasteiger partial charge in [0, 0.05) is 0 Å². The second kappa shape index (κ2) is 10.1. The molecule has 0 saturated carbocycles. The quantitative estimate of drug-likeness (QED) is 0.539. The number of amides is 1. The van der Waals surface area contributed by atoms with Crippen LogP contribution in [0.25, 0.3) is 0 Å². The average Bonchev–Trinajstić information content (AvgIpc) is 2.72. The van der Waals surface area contributed by atoms with Crippen LogP contribution in [0.2, 0.25) is 0 Å². The fraction of sp³-hybridized carbons (Fsp3) is 0.480. The van der Waals surface area contributed by atoms with E-state index in [9.17, 15) is 15.0 Å². The molecular formula is C25H35NO4. The molecule has 164 valence electrons. The predicted molar refractivity (Wildman–Crippen MR) is 119 cm³/mol. The van der Waals surface area contributed by atoms with Crippen LogP contribution in [0.1, 0.15) is 67.4 Å². The van der Waals surface area contributed by atoms with Crippen molar-refractivity contribution in [2.75, 3.05) is 6.56 Å². The molecule has 3 atom stereocenters. The summed E-state index contributed by atoms with van der Waals surface area (Å²) in [5, 5.41) is 24.3. The molecule has 1 amide bonds. The molecule has 30 heavy (non-hydrogen) atoms. The number of nitrogens with one attached hydrogen (secondary N) is 1. The maximum atomic E-state index is 12.9. The Kier molecular flexibility index (Phi) is 7.03. The molecule has 0 saturated heterocycles. The molecular weight excluding hydrogens is 378 g/mol. The standard InChI is InChI=1S/C25H35NO4/c1-6-10-18(2)17-30-21-15-13-19(14-16-21)22(24(3,4)28)26-23(27)25(5,29)20-11-8-7-9-12-20/h7-9,11-16,18,22,28-29H,6,10,17H2,1-5H3,(H,26,27)/t18-,22-,25-/m1/s1/i17D2. The number of carbonyl (C=O) groups is 1. The van der Waals surface area contributed by atoms with Gasteiger partial charge < -0.3 is 20.3 Å². The minimum Gasteiger partial charge on any atom is -0.493 e. The van der Waals surface area contributed by atoms with Gasteiger partial charge >= 0.3 is 0 Å². The number of aliphatic hydroxyl groups is 2. The highest BCUT2D eigenvalue weighted by molar-refractivity contribution is 5.86. The maximum Gasteiger partial charge on any atom is 0.256 e. The van der Waals surface area contributed by atoms with Gasteiger partial charge in [-0.05, 0) is 56.4 Å². The van der Waals surface area contributed by atoms with E-state index in [2.05, 4.69) is 5.32 Å². The summed E-state index contributed by atoms with van der Waals surface area (Å²) in [7, 11) is 0. The van der Waals surface area contributed by atoms with Crippen molar-refractivity contribution in [3.8, 4) is 5.75 Å². The Morgan fingerprint density at radius 3 is 2.23 bits per heavy atom. The number of hydrogen-bond acceptors (Lipinski definition) is 4. The fourth-order valence-electron chi connectivity index (χ4n) is 3.22. The lowest BCUT2D eigenvalue weighted by Crippen LogP contribution is -2.49. The van der Waals surface area contributed by atoms with E-state index in [0.717, 1.165) is 6.42 Å². The zero-order valence-electron chi connectivity index (χ0n) is 20.5. The molecule has 2 rings (SSSR count). The molecule has 0 bridgehead atoms. The topological polar surface area (TPSA) is 78.8 Å². The third-order valence-electron chi connectivity index (χ3n) is 5.07. The minimum absolute atomic E-state index is 0.268. The number of rotatable bonds is 10. The van der Waals surface area contributed by atoms with Crippen LogP contribution in [0, 0.1) is 5.92 Å². The van der Waals surface area contributed by atoms with E-state index in [1.165, 1.54) is 6.92 Å². The predicted octanol–water partition coefficient (Wildman–Crippen LogP) is 4.34. The van der Waals surface area contributed by atoms with Crippen LogP contribution < -0.4 is 10.1 Å². The molecule has 0 unspecified atom stereocenters. The summed E-state index contributed by atoms with van der Waals surface area (Å²) in [6.07, 6.45) is 1.57. The van der Waals surface area contributed by atoms with Crippen LogP contribution in [0.15, 0.2) is 54.6 Å². The van der Waals surface area contributed by atoms with Crippen molar-refractivity contribution in [3.05, 3.63) is 65.7 Å². The smallest absolute Gasteiger partial charge is 0.256 e. The van der Waals surface area contributed by atoms with E-state index in [-0.39, 0.29) is 5.92 Å². The first-order valence-electron chi connectivity index (χ1n) is 11.4. The molecule has 0 heterocycles. The molecule has 5 nitrogen and oxygen atoms in total. The van der Waals surface area contributed by atoms with Gasteiger partial charge in [-0.3, -0.25) is 4.79 Å². The number of hydrogen-bond donors (Lipinski definition) is 3. The van der Waals surface area contributed by atoms with E-state index in [1.807, 2.05) is 13.8 Å². The Bertz CT molecular complexity index is 877. The summed E-state index contributed by atoms with van der Waals surface area (Å²) < 4.78 is 21.9. The maximum absolute atomic E-state index is 12.9. The molecule has 0 fully saturated rings. The van der Waals surface area contributed by atoms with Gasteiger partial charge in [0.15, 0.2) is 5.60 Å². The highest BCUT2D eigenvalue weighted by atomic mass is 16.5. The highest BCUT2D eigenvalue weighted by Gasteiger charge is 2.37. The van der Waals surface area contributed by atoms with Crippen LogP contribution in [0.4, 0.5) is 0 Å². The first kappa shape index (κ1) is 20.9. The SMILES string of the molecule is [2H]C([2H])(Oc1ccc([C@@H](NC(=O)[C@](C)(O)c2ccccc2)C(C)(C)O)cc1)[C@H](C)CCC. The lowest BCUT2D eigenvalue weighted by molar-refractivity contribution is -0.141. The summed E-state index contributed by atoms with van der Waals surface area (Å²) in [6, 6.07) is 14.4. The molecule has 0 aromatic heterocycles. The Morgan fingerprint density at radius 1 is 1.10 bits per heavy atom. The van der Waals surface area contributed by atoms with Crippen molar-refractivity contribution in [1.29, 1.82) is 0 Å². The summed E-state index contributed by atoms with van der Waals surface area (Å²) in [5.41, 5.74) is -2.06. The second-order valence-corrected chi connectivity index (χ2v) is 8.48. The van der Waals surface area contributed by atoms with Crippen molar-refractivity contribution in [3.63, 3.8) is 0 Å². The Labute approximate surface area is 182 Å². The van der Waals surface area contributed by atoms with Gasteiger partial charge in [0.05, 0.1) is 20.9 Å². The number of ether oxygens (including phenoxy) is 1. The van der Waals surface area contributed by atoms with Crippen molar-refractivity contribution in [2.45, 2.75) is 64.7 Å². The largest absolute Gasteiger partial charge is 0.493 e. The highest BCUT2D eigenvalue weighted by Crippen LogP contribution is 2.29. The minimum atomic E-state index is -1.81. The zero-order valence-corrected chi connectivity index (χ0v) is 18.5. The van der Waals surface area contributed by atoms with Crippen LogP contribution >= 0.6 is 0 Å². The fourth-order valence-corrected chi connectivity index (χ4v) is 3.22. The molecule has 5 heteroatoms. The van der Waals surface area contributed by atoms with Crippen LogP contribution in [0.3, 0.4) is 0 Å². The first-order valence-corrected chi connectivity index (χ1v) is 10.4. The Hall–Kier alpha value is -2.37. The monoisotopic (exact) mass is 415 g/mol. The molecule has 2 aromatic carbocycles. The summed E-state index contributed by atoms with van der Waals surface area (Å²) in [4.78, 5) is 12.9. The lowest BCUT2D eigenvalue weighted by atomic mass is 9.89. The van der Waals surface area contributed by atoms with Gasteiger partial charge in [-0.1, -0.05) is 62.7 Å². The first-order chi connectivity index (χ1) is 14.8. The third-order valence-corrected chi connectivity index (χ3v) is 5.07. The molecule has 0 aliphatic rings. The zero-order chi connectivity index (χ0) is 24.2. The molecule has 0 aliphatic carbocycles. The van der Waals surface area contributed by atoms with Crippen LogP contribution in [-0.4, -0.2) is 28.3 Å². The molecule has 0 radical (unpaired) electrons. The van der Waals surface area contributed by atoms with E-state index in [4.69, 9.17) is 7.48 Å². The second-order valence-electron chi connectivity index (χ2n) is 8.48. The average molecular weight is 416 g/mol. The van der Waals surface area contributed by atoms with Crippen molar-refractivity contribution < 1.29 is 22.5 Å². The summed E-state index contributed by atoms with van der Waals surface area (Å²) in [6.45, 7) is 6.57. The van der Waals surface area contributed by atoms with Crippen LogP contribution in [0.5, 0.6) is 5.75 Å². The normalized spacial score (nSPS) is 17.2. The van der Waals surface area contributed by atoms with Gasteiger partial charge in [-0.2, -0.15) is 0 Å². The van der Waals surface area contributed by atoms with Crippen molar-refractivity contribution in [2.24, 2.45) is 5.92 Å². The van der Waals surface area contributed by atoms with Crippen molar-refractivity contribution in [1.82, 2.24) is 5.32 Å². The lowest BCUT2D eigenvalue weighted by Gasteiger charge is -2.33. The van der Waals surface area contributed by atoms with Gasteiger partial charge in [0.25, 0.3) is 5.91 Å². The van der Waals surface area contributed by atoms with Crippen LogP contribution in [-0.2, 0) is 10.4 Å². The van der Waals surface area contributed by atoms with Gasteiger partial charge in [-0.15, -0.1) is 0 Å². The van der Waals surface area contributed by atoms with E-state index >= 15 is 0 Å². The van der Waals surface area contributed by atoms with E-state index in [0.29, 0.717) is 23.3 Å². The van der Waals surface area contributed by atoms with E-state index in [1.54, 1.807) is 68.4 Å². The van der Waals surface area contributed by atoms with Crippen molar-refractivity contribution >= 4 is 5.91 Å². The summed E-state index contributed by atoms with van der Waals surface area (Å²) >= 11 is 0. The van der Waals surface area contributed by atoms with Gasteiger partial charge in [-0.25, -0.2) is 0 Å². The molecule has 0 aliphatic heterocycles. The molecule has 0 spiro atoms. The molecule has 3 N–H and O–H groups in total.